The molecule has 0 radical (unpaired) electrons. The standard InChI is InChI=1S/C23H28BrN9O2/c1-23(2,3)35-22(34)26-10-14-8-9-32(13-14)21-30-19-15(24)11-27-33(19)20(31-21)25-12-18-28-16-6-4-5-7-17(16)29-18/h4-7,11,14H,8-10,12-13H2,1-3H3,(H,26,34)(H,28,29)(H,25,30,31)/t14-/m0/s1. The number of aromatic nitrogens is 6. The first kappa shape index (κ1) is 23.3. The number of alkyl carbamates (subject to hydrolysis) is 1. The number of hydrogen-bond donors (Lipinski definition) is 3. The molecule has 0 spiro atoms. The molecule has 12 heteroatoms. The van der Waals surface area contributed by atoms with Gasteiger partial charge >= 0.3 is 6.09 Å². The number of anilines is 2. The van der Waals surface area contributed by atoms with Crippen LogP contribution in [0.4, 0.5) is 16.7 Å². The second-order valence-corrected chi connectivity index (χ2v) is 10.5. The maximum atomic E-state index is 12.0. The minimum atomic E-state index is -0.514. The first-order valence-corrected chi connectivity index (χ1v) is 12.3. The van der Waals surface area contributed by atoms with Crippen molar-refractivity contribution in [2.24, 2.45) is 5.92 Å². The molecule has 11 nitrogen and oxygen atoms in total. The number of halogens is 1. The number of nitrogens with zero attached hydrogens (tertiary/aromatic N) is 6. The molecule has 3 N–H and O–H groups in total. The maximum absolute atomic E-state index is 12.0. The van der Waals surface area contributed by atoms with Crippen molar-refractivity contribution in [3.63, 3.8) is 0 Å². The SMILES string of the molecule is CC(C)(C)OC(=O)NC[C@@H]1CCN(c2nc(NCc3nc4ccccc4[nH]3)n3ncc(Br)c3n2)C1. The fourth-order valence-electron chi connectivity index (χ4n) is 4.07. The lowest BCUT2D eigenvalue weighted by atomic mass is 10.1. The number of H-pyrrole nitrogens is 1. The Morgan fingerprint density at radius 3 is 2.89 bits per heavy atom. The van der Waals surface area contributed by atoms with E-state index < -0.39 is 11.7 Å². The molecule has 0 unspecified atom stereocenters. The van der Waals surface area contributed by atoms with E-state index >= 15 is 0 Å². The Hall–Kier alpha value is -3.41. The molecular formula is C23H28BrN9O2. The summed E-state index contributed by atoms with van der Waals surface area (Å²) in [6.07, 6.45) is 2.23. The topological polar surface area (TPSA) is 125 Å². The van der Waals surface area contributed by atoms with Crippen LogP contribution in [0, 0.1) is 5.92 Å². The van der Waals surface area contributed by atoms with Gasteiger partial charge in [-0.15, -0.1) is 0 Å². The van der Waals surface area contributed by atoms with Crippen LogP contribution < -0.4 is 15.5 Å². The van der Waals surface area contributed by atoms with Crippen LogP contribution in [-0.4, -0.2) is 60.9 Å². The summed E-state index contributed by atoms with van der Waals surface area (Å²) in [7, 11) is 0. The van der Waals surface area contributed by atoms with Gasteiger partial charge in [-0.1, -0.05) is 12.1 Å². The van der Waals surface area contributed by atoms with Crippen molar-refractivity contribution < 1.29 is 9.53 Å². The summed E-state index contributed by atoms with van der Waals surface area (Å²) in [5.41, 5.74) is 2.07. The zero-order valence-electron chi connectivity index (χ0n) is 19.9. The normalized spacial score (nSPS) is 16.2. The number of imidazole rings is 1. The number of fused-ring (bicyclic) bond motifs is 2. The summed E-state index contributed by atoms with van der Waals surface area (Å²) in [5.74, 6) is 2.28. The van der Waals surface area contributed by atoms with Crippen molar-refractivity contribution in [3.05, 3.63) is 40.8 Å². The van der Waals surface area contributed by atoms with Gasteiger partial charge in [0.25, 0.3) is 0 Å². The van der Waals surface area contributed by atoms with Crippen LogP contribution in [0.15, 0.2) is 34.9 Å². The number of rotatable bonds is 6. The number of carbonyl (C=O) groups is 1. The van der Waals surface area contributed by atoms with E-state index in [4.69, 9.17) is 14.7 Å². The van der Waals surface area contributed by atoms with Crippen molar-refractivity contribution in [3.8, 4) is 0 Å². The Bertz CT molecular complexity index is 1330. The van der Waals surface area contributed by atoms with Gasteiger partial charge < -0.3 is 25.3 Å². The van der Waals surface area contributed by atoms with E-state index in [0.717, 1.165) is 40.8 Å². The van der Waals surface area contributed by atoms with Gasteiger partial charge in [-0.05, 0) is 61.2 Å². The van der Waals surface area contributed by atoms with E-state index in [2.05, 4.69) is 46.5 Å². The van der Waals surface area contributed by atoms with E-state index in [0.29, 0.717) is 30.6 Å². The second kappa shape index (κ2) is 9.33. The maximum Gasteiger partial charge on any atom is 0.407 e. The highest BCUT2D eigenvalue weighted by Gasteiger charge is 2.27. The third-order valence-electron chi connectivity index (χ3n) is 5.67. The van der Waals surface area contributed by atoms with Gasteiger partial charge in [0, 0.05) is 19.6 Å². The van der Waals surface area contributed by atoms with Gasteiger partial charge in [-0.2, -0.15) is 19.6 Å². The van der Waals surface area contributed by atoms with Crippen LogP contribution in [-0.2, 0) is 11.3 Å². The molecule has 1 aliphatic heterocycles. The number of hydrogen-bond acceptors (Lipinski definition) is 8. The first-order chi connectivity index (χ1) is 16.7. The lowest BCUT2D eigenvalue weighted by molar-refractivity contribution is 0.0520. The molecular weight excluding hydrogens is 514 g/mol. The van der Waals surface area contributed by atoms with Gasteiger partial charge in [0.05, 0.1) is 28.2 Å². The second-order valence-electron chi connectivity index (χ2n) is 9.61. The molecule has 0 aliphatic carbocycles. The van der Waals surface area contributed by atoms with Crippen molar-refractivity contribution >= 4 is 50.6 Å². The third kappa shape index (κ3) is 5.31. The quantitative estimate of drug-likeness (QED) is 0.337. The molecule has 3 aromatic heterocycles. The van der Waals surface area contributed by atoms with Gasteiger partial charge in [-0.3, -0.25) is 0 Å². The summed E-state index contributed by atoms with van der Waals surface area (Å²) >= 11 is 3.54. The number of aromatic amines is 1. The highest BCUT2D eigenvalue weighted by Crippen LogP contribution is 2.25. The van der Waals surface area contributed by atoms with Crippen molar-refractivity contribution in [1.29, 1.82) is 0 Å². The molecule has 0 saturated carbocycles. The highest BCUT2D eigenvalue weighted by atomic mass is 79.9. The smallest absolute Gasteiger partial charge is 0.407 e. The molecule has 0 bridgehead atoms. The van der Waals surface area contributed by atoms with Gasteiger partial charge in [0.15, 0.2) is 5.65 Å². The van der Waals surface area contributed by atoms with E-state index in [1.165, 1.54) is 0 Å². The van der Waals surface area contributed by atoms with Gasteiger partial charge in [-0.25, -0.2) is 9.78 Å². The average molecular weight is 542 g/mol. The van der Waals surface area contributed by atoms with Gasteiger partial charge in [0.2, 0.25) is 11.9 Å². The highest BCUT2D eigenvalue weighted by molar-refractivity contribution is 9.10. The van der Waals surface area contributed by atoms with Crippen LogP contribution in [0.1, 0.15) is 33.0 Å². The lowest BCUT2D eigenvalue weighted by Crippen LogP contribution is -2.36. The van der Waals surface area contributed by atoms with Crippen molar-refractivity contribution in [1.82, 2.24) is 34.9 Å². The Morgan fingerprint density at radius 2 is 2.09 bits per heavy atom. The molecule has 5 rings (SSSR count). The predicted octanol–water partition coefficient (Wildman–Crippen LogP) is 3.73. The molecule has 1 saturated heterocycles. The van der Waals surface area contributed by atoms with Gasteiger partial charge in [0.1, 0.15) is 11.4 Å². The van der Waals surface area contributed by atoms with Crippen molar-refractivity contribution in [2.45, 2.75) is 39.3 Å². The monoisotopic (exact) mass is 541 g/mol. The predicted molar refractivity (Wildman–Crippen MR) is 136 cm³/mol. The number of ether oxygens (including phenoxy) is 1. The summed E-state index contributed by atoms with van der Waals surface area (Å²) in [4.78, 5) is 31.6. The summed E-state index contributed by atoms with van der Waals surface area (Å²) in [5, 5.41) is 10.6. The zero-order chi connectivity index (χ0) is 24.6. The van der Waals surface area contributed by atoms with Crippen LogP contribution >= 0.6 is 15.9 Å². The molecule has 1 aliphatic rings. The average Bonchev–Trinajstić information content (AvgIpc) is 3.53. The largest absolute Gasteiger partial charge is 0.444 e. The minimum absolute atomic E-state index is 0.280. The van der Waals surface area contributed by atoms with Crippen LogP contribution in [0.2, 0.25) is 0 Å². The third-order valence-corrected chi connectivity index (χ3v) is 6.23. The Kier molecular flexibility index (Phi) is 6.22. The van der Waals surface area contributed by atoms with Crippen LogP contribution in [0.3, 0.4) is 0 Å². The summed E-state index contributed by atoms with van der Waals surface area (Å²) in [6, 6.07) is 7.92. The number of para-hydroxylation sites is 2. The Labute approximate surface area is 210 Å². The van der Waals surface area contributed by atoms with E-state index in [9.17, 15) is 4.79 Å². The van der Waals surface area contributed by atoms with Crippen LogP contribution in [0.25, 0.3) is 16.7 Å². The summed E-state index contributed by atoms with van der Waals surface area (Å²) < 4.78 is 7.80. The van der Waals surface area contributed by atoms with Crippen molar-refractivity contribution in [2.75, 3.05) is 29.9 Å². The van der Waals surface area contributed by atoms with Crippen LogP contribution in [0.5, 0.6) is 0 Å². The fourth-order valence-corrected chi connectivity index (χ4v) is 4.42. The number of nitrogens with one attached hydrogen (secondary N) is 3. The number of amides is 1. The van der Waals surface area contributed by atoms with E-state index in [-0.39, 0.29) is 5.92 Å². The molecule has 1 atom stereocenters. The molecule has 4 heterocycles. The Morgan fingerprint density at radius 1 is 1.26 bits per heavy atom. The zero-order valence-corrected chi connectivity index (χ0v) is 21.5. The lowest BCUT2D eigenvalue weighted by Gasteiger charge is -2.21. The minimum Gasteiger partial charge on any atom is -0.444 e. The molecule has 4 aromatic rings. The molecule has 35 heavy (non-hydrogen) atoms. The molecule has 1 aromatic carbocycles. The Balaban J connectivity index is 1.29. The van der Waals surface area contributed by atoms with E-state index in [1.54, 1.807) is 10.7 Å². The fraction of sp³-hybridized carbons (Fsp3) is 0.435. The number of benzene rings is 1. The van der Waals surface area contributed by atoms with E-state index in [1.807, 2.05) is 45.0 Å². The molecule has 184 valence electrons. The number of carbonyl (C=O) groups excluding carboxylic acids is 1. The summed E-state index contributed by atoms with van der Waals surface area (Å²) in [6.45, 7) is 8.09. The first-order valence-electron chi connectivity index (χ1n) is 11.6. The molecule has 1 amide bonds. The molecule has 1 fully saturated rings.